The molecule has 0 aliphatic rings. The second-order valence-electron chi connectivity index (χ2n) is 11.4. The minimum atomic E-state index is 1.18. The molecule has 0 spiro atoms. The molecule has 0 amide bonds. The first-order valence-corrected chi connectivity index (χ1v) is 15.8. The van der Waals surface area contributed by atoms with Crippen LogP contribution in [-0.2, 0) is 0 Å². The van der Waals surface area contributed by atoms with Crippen molar-refractivity contribution in [1.82, 2.24) is 0 Å². The van der Waals surface area contributed by atoms with Crippen molar-refractivity contribution in [2.45, 2.75) is 0 Å². The average molecular weight is 587 g/mol. The quantitative estimate of drug-likeness (QED) is 0.123. The highest BCUT2D eigenvalue weighted by molar-refractivity contribution is 6.14. The number of benzene rings is 7. The van der Waals surface area contributed by atoms with E-state index in [1.54, 1.807) is 0 Å². The van der Waals surface area contributed by atoms with E-state index in [-0.39, 0.29) is 0 Å². The molecule has 0 N–H and O–H groups in total. The molecule has 0 bridgehead atoms. The predicted molar refractivity (Wildman–Crippen MR) is 203 cm³/mol. The van der Waals surface area contributed by atoms with Crippen LogP contribution in [-0.4, -0.2) is 0 Å². The number of rotatable bonds is 8. The molecule has 0 saturated carbocycles. The number of fused-ring (bicyclic) bond motifs is 2. The summed E-state index contributed by atoms with van der Waals surface area (Å²) in [6, 6.07) is 55.8. The zero-order chi connectivity index (χ0) is 31.0. The molecule has 46 heavy (non-hydrogen) atoms. The third-order valence-electron chi connectivity index (χ3n) is 8.31. The summed E-state index contributed by atoms with van der Waals surface area (Å²) in [7, 11) is 0. The highest BCUT2D eigenvalue weighted by atomic mass is 14.1. The normalized spacial score (nSPS) is 12.0. The van der Waals surface area contributed by atoms with Crippen molar-refractivity contribution in [3.63, 3.8) is 0 Å². The van der Waals surface area contributed by atoms with Gasteiger partial charge in [0.25, 0.3) is 0 Å². The lowest BCUT2D eigenvalue weighted by Crippen LogP contribution is -1.88. The monoisotopic (exact) mass is 586 g/mol. The molecule has 0 fully saturated rings. The van der Waals surface area contributed by atoms with Crippen molar-refractivity contribution < 1.29 is 0 Å². The summed E-state index contributed by atoms with van der Waals surface area (Å²) in [6.45, 7) is 0. The maximum Gasteiger partial charge on any atom is -0.00987 e. The van der Waals surface area contributed by atoms with E-state index in [2.05, 4.69) is 194 Å². The third kappa shape index (κ3) is 6.73. The van der Waals surface area contributed by atoms with Gasteiger partial charge in [-0.05, 0) is 66.1 Å². The van der Waals surface area contributed by atoms with Crippen LogP contribution in [0.15, 0.2) is 158 Å². The van der Waals surface area contributed by atoms with Crippen molar-refractivity contribution in [2.75, 3.05) is 0 Å². The van der Waals surface area contributed by atoms with Crippen molar-refractivity contribution in [1.29, 1.82) is 0 Å². The van der Waals surface area contributed by atoms with Crippen LogP contribution < -0.4 is 0 Å². The van der Waals surface area contributed by atoms with Crippen LogP contribution >= 0.6 is 0 Å². The lowest BCUT2D eigenvalue weighted by Gasteiger charge is -2.13. The van der Waals surface area contributed by atoms with Gasteiger partial charge in [0.1, 0.15) is 0 Å². The molecule has 7 aromatic carbocycles. The van der Waals surface area contributed by atoms with Crippen molar-refractivity contribution in [2.24, 2.45) is 0 Å². The lowest BCUT2D eigenvalue weighted by molar-refractivity contribution is 1.62. The van der Waals surface area contributed by atoms with Crippen LogP contribution in [0.2, 0.25) is 0 Å². The minimum Gasteiger partial charge on any atom is -0.0622 e. The molecule has 0 nitrogen and oxygen atoms in total. The summed E-state index contributed by atoms with van der Waals surface area (Å²) < 4.78 is 0. The topological polar surface area (TPSA) is 0 Å². The van der Waals surface area contributed by atoms with Gasteiger partial charge in [0.15, 0.2) is 0 Å². The molecule has 0 aliphatic carbocycles. The first-order chi connectivity index (χ1) is 22.8. The Bertz CT molecular complexity index is 1980. The molecule has 0 radical (unpaired) electrons. The van der Waals surface area contributed by atoms with E-state index >= 15 is 0 Å². The largest absolute Gasteiger partial charge is 0.0622 e. The van der Waals surface area contributed by atoms with E-state index in [1.807, 2.05) is 12.1 Å². The fourth-order valence-electron chi connectivity index (χ4n) is 5.86. The second-order valence-corrected chi connectivity index (χ2v) is 11.4. The van der Waals surface area contributed by atoms with Crippen LogP contribution in [0.1, 0.15) is 44.5 Å². The fraction of sp³-hybridized carbons (Fsp3) is 0. The Balaban J connectivity index is 1.17. The van der Waals surface area contributed by atoms with Gasteiger partial charge in [0.05, 0.1) is 0 Å². The Morgan fingerprint density at radius 3 is 0.696 bits per heavy atom. The Morgan fingerprint density at radius 1 is 0.196 bits per heavy atom. The summed E-state index contributed by atoms with van der Waals surface area (Å²) in [5.74, 6) is 0. The summed E-state index contributed by atoms with van der Waals surface area (Å²) in [4.78, 5) is 0. The van der Waals surface area contributed by atoms with E-state index in [4.69, 9.17) is 0 Å². The Kier molecular flexibility index (Phi) is 8.61. The third-order valence-corrected chi connectivity index (χ3v) is 8.31. The summed E-state index contributed by atoms with van der Waals surface area (Å²) in [6.07, 6.45) is 17.6. The van der Waals surface area contributed by atoms with Gasteiger partial charge in [-0.2, -0.15) is 0 Å². The van der Waals surface area contributed by atoms with Crippen LogP contribution in [0.5, 0.6) is 0 Å². The molecule has 0 aliphatic heterocycles. The van der Waals surface area contributed by atoms with Gasteiger partial charge in [0, 0.05) is 0 Å². The average Bonchev–Trinajstić information content (AvgIpc) is 3.13. The lowest BCUT2D eigenvalue weighted by atomic mass is 9.90. The van der Waals surface area contributed by atoms with Crippen LogP contribution in [0.25, 0.3) is 70.2 Å². The molecule has 0 heterocycles. The van der Waals surface area contributed by atoms with Gasteiger partial charge in [0.2, 0.25) is 0 Å². The zero-order valence-corrected chi connectivity index (χ0v) is 25.6. The molecular formula is C46H34. The fourth-order valence-corrected chi connectivity index (χ4v) is 5.86. The van der Waals surface area contributed by atoms with Crippen molar-refractivity contribution in [3.8, 4) is 0 Å². The predicted octanol–water partition coefficient (Wildman–Crippen LogP) is 12.7. The molecule has 218 valence electrons. The van der Waals surface area contributed by atoms with Crippen molar-refractivity contribution in [3.05, 3.63) is 202 Å². The van der Waals surface area contributed by atoms with Crippen LogP contribution in [0.4, 0.5) is 0 Å². The van der Waals surface area contributed by atoms with Gasteiger partial charge in [-0.25, -0.2) is 0 Å². The molecule has 7 rings (SSSR count). The van der Waals surface area contributed by atoms with Crippen molar-refractivity contribution >= 4 is 70.2 Å². The maximum absolute atomic E-state index is 2.27. The number of hydrogen-bond donors (Lipinski definition) is 0. The molecular weight excluding hydrogens is 553 g/mol. The molecule has 0 aromatic heterocycles. The molecule has 0 saturated heterocycles. The molecule has 0 atom stereocenters. The maximum atomic E-state index is 2.27. The highest BCUT2D eigenvalue weighted by Crippen LogP contribution is 2.35. The molecule has 7 aromatic rings. The smallest absolute Gasteiger partial charge is 0.00987 e. The summed E-state index contributed by atoms with van der Waals surface area (Å²) in [5.41, 5.74) is 9.61. The van der Waals surface area contributed by atoms with Gasteiger partial charge >= 0.3 is 0 Å². The second kappa shape index (κ2) is 13.8. The Morgan fingerprint density at radius 2 is 0.413 bits per heavy atom. The molecule has 0 heteroatoms. The van der Waals surface area contributed by atoms with Gasteiger partial charge in [-0.3, -0.25) is 0 Å². The van der Waals surface area contributed by atoms with E-state index in [0.29, 0.717) is 0 Å². The van der Waals surface area contributed by atoms with E-state index < -0.39 is 0 Å². The Hall–Kier alpha value is -5.98. The van der Waals surface area contributed by atoms with Gasteiger partial charge in [-0.1, -0.05) is 206 Å². The van der Waals surface area contributed by atoms with E-state index in [0.717, 1.165) is 0 Å². The summed E-state index contributed by atoms with van der Waals surface area (Å²) >= 11 is 0. The standard InChI is InChI=1S/C46H34/c1-3-11-35(12-4-1)19-21-37-23-27-39(28-24-37)31-33-45-41-15-7-9-17-43(41)46(44-18-10-8-16-42(44)45)34-32-40-29-25-38(26-30-40)22-20-36-13-5-2-6-14-36/h1-34H. The van der Waals surface area contributed by atoms with Gasteiger partial charge < -0.3 is 0 Å². The molecule has 0 unspecified atom stereocenters. The SMILES string of the molecule is C(=Cc1ccc(C=Cc2c3ccccc3c(C=Cc3ccc(C=Cc4ccccc4)cc3)c3ccccc23)cc1)c1ccccc1. The highest BCUT2D eigenvalue weighted by Gasteiger charge is 2.10. The zero-order valence-electron chi connectivity index (χ0n) is 25.6. The van der Waals surface area contributed by atoms with Crippen LogP contribution in [0.3, 0.4) is 0 Å². The summed E-state index contributed by atoms with van der Waals surface area (Å²) in [5, 5.41) is 5.00. The first kappa shape index (κ1) is 28.8. The Labute approximate surface area is 271 Å². The number of hydrogen-bond acceptors (Lipinski definition) is 0. The van der Waals surface area contributed by atoms with E-state index in [1.165, 1.54) is 66.1 Å². The van der Waals surface area contributed by atoms with E-state index in [9.17, 15) is 0 Å². The van der Waals surface area contributed by atoms with Crippen LogP contribution in [0, 0.1) is 0 Å². The minimum absolute atomic E-state index is 1.18. The first-order valence-electron chi connectivity index (χ1n) is 15.8. The van der Waals surface area contributed by atoms with Gasteiger partial charge in [-0.15, -0.1) is 0 Å².